The molecule has 27 heavy (non-hydrogen) atoms. The molecule has 0 aliphatic carbocycles. The van der Waals surface area contributed by atoms with Crippen LogP contribution in [0, 0.1) is 20.8 Å². The molecule has 3 aromatic rings. The highest BCUT2D eigenvalue weighted by molar-refractivity contribution is 5.86. The Bertz CT molecular complexity index is 939. The maximum Gasteiger partial charge on any atom is 0.220 e. The van der Waals surface area contributed by atoms with Crippen molar-refractivity contribution in [1.29, 1.82) is 0 Å². The Morgan fingerprint density at radius 3 is 2.74 bits per heavy atom. The Morgan fingerprint density at radius 2 is 1.93 bits per heavy atom. The highest BCUT2D eigenvalue weighted by atomic mass is 16.1. The number of aromatic amines is 1. The fourth-order valence-electron chi connectivity index (χ4n) is 3.79. The van der Waals surface area contributed by atoms with Crippen LogP contribution in [0.1, 0.15) is 53.5 Å². The molecule has 1 amide bonds. The van der Waals surface area contributed by atoms with Crippen LogP contribution in [0.3, 0.4) is 0 Å². The fraction of sp³-hybridized carbons (Fsp3) is 0.375. The molecule has 0 fully saturated rings. The normalized spacial score (nSPS) is 12.3. The first-order valence-electron chi connectivity index (χ1n) is 9.85. The predicted molar refractivity (Wildman–Crippen MR) is 113 cm³/mol. The van der Waals surface area contributed by atoms with Gasteiger partial charge in [0, 0.05) is 30.1 Å². The van der Waals surface area contributed by atoms with Crippen molar-refractivity contribution in [3.63, 3.8) is 0 Å². The van der Waals surface area contributed by atoms with Gasteiger partial charge in [-0.2, -0.15) is 0 Å². The van der Waals surface area contributed by atoms with E-state index in [-0.39, 0.29) is 5.91 Å². The van der Waals surface area contributed by atoms with Gasteiger partial charge < -0.3 is 10.3 Å². The van der Waals surface area contributed by atoms with E-state index in [4.69, 9.17) is 0 Å². The summed E-state index contributed by atoms with van der Waals surface area (Å²) in [5.74, 6) is 0.537. The molecule has 3 rings (SSSR count). The van der Waals surface area contributed by atoms with Crippen molar-refractivity contribution in [2.24, 2.45) is 0 Å². The van der Waals surface area contributed by atoms with E-state index in [0.717, 1.165) is 12.8 Å². The number of benzene rings is 2. The summed E-state index contributed by atoms with van der Waals surface area (Å²) >= 11 is 0. The van der Waals surface area contributed by atoms with Gasteiger partial charge in [0.1, 0.15) is 0 Å². The van der Waals surface area contributed by atoms with Gasteiger partial charge in [0.05, 0.1) is 0 Å². The van der Waals surface area contributed by atoms with Crippen molar-refractivity contribution in [2.75, 3.05) is 6.54 Å². The summed E-state index contributed by atoms with van der Waals surface area (Å²) in [5.41, 5.74) is 7.66. The Kier molecular flexibility index (Phi) is 6.00. The molecule has 0 spiro atoms. The second-order valence-corrected chi connectivity index (χ2v) is 7.71. The smallest absolute Gasteiger partial charge is 0.220 e. The van der Waals surface area contributed by atoms with Gasteiger partial charge in [-0.15, -0.1) is 0 Å². The summed E-state index contributed by atoms with van der Waals surface area (Å²) in [4.78, 5) is 15.6. The van der Waals surface area contributed by atoms with Gasteiger partial charge in [0.25, 0.3) is 0 Å². The monoisotopic (exact) mass is 362 g/mol. The lowest BCUT2D eigenvalue weighted by atomic mass is 9.91. The van der Waals surface area contributed by atoms with Crippen molar-refractivity contribution in [1.82, 2.24) is 10.3 Å². The number of nitrogens with one attached hydrogen (secondary N) is 2. The molecule has 0 bridgehead atoms. The van der Waals surface area contributed by atoms with Gasteiger partial charge >= 0.3 is 0 Å². The summed E-state index contributed by atoms with van der Waals surface area (Å²) in [7, 11) is 0. The van der Waals surface area contributed by atoms with Crippen LogP contribution in [0.25, 0.3) is 10.9 Å². The molecule has 0 aliphatic rings. The van der Waals surface area contributed by atoms with Crippen molar-refractivity contribution in [3.05, 3.63) is 70.4 Å². The number of aromatic nitrogens is 1. The van der Waals surface area contributed by atoms with Crippen molar-refractivity contribution in [3.8, 4) is 0 Å². The molecular formula is C24H30N2O. The van der Waals surface area contributed by atoms with Gasteiger partial charge in [0.2, 0.25) is 5.91 Å². The second kappa shape index (κ2) is 8.43. The largest absolute Gasteiger partial charge is 0.361 e. The van der Waals surface area contributed by atoms with Crippen molar-refractivity contribution < 1.29 is 4.79 Å². The fourth-order valence-corrected chi connectivity index (χ4v) is 3.79. The van der Waals surface area contributed by atoms with E-state index in [2.05, 4.69) is 80.6 Å². The third-order valence-electron chi connectivity index (χ3n) is 5.50. The first-order chi connectivity index (χ1) is 13.0. The number of amides is 1. The summed E-state index contributed by atoms with van der Waals surface area (Å²) in [6.07, 6.45) is 4.36. The molecule has 0 radical (unpaired) electrons. The van der Waals surface area contributed by atoms with Crippen LogP contribution < -0.4 is 5.32 Å². The Labute approximate surface area is 162 Å². The van der Waals surface area contributed by atoms with Gasteiger partial charge in [-0.1, -0.05) is 48.9 Å². The lowest BCUT2D eigenvalue weighted by Crippen LogP contribution is -2.25. The molecule has 1 atom stereocenters. The number of carbonyl (C=O) groups excluding carboxylic acids is 1. The maximum absolute atomic E-state index is 12.3. The number of fused-ring (bicyclic) bond motifs is 1. The van der Waals surface area contributed by atoms with Gasteiger partial charge in [-0.25, -0.2) is 0 Å². The standard InChI is InChI=1S/C24H30N2O/c1-16-8-9-17(2)22(14-16)18(3)10-11-23(27)25-13-12-20-15-26-24-19(4)6-5-7-21(20)24/h5-9,14-15,18,26H,10-13H2,1-4H3,(H,25,27)/t18-/m0/s1. The molecule has 0 aliphatic heterocycles. The number of para-hydroxylation sites is 1. The first kappa shape index (κ1) is 19.2. The lowest BCUT2D eigenvalue weighted by molar-refractivity contribution is -0.121. The molecule has 3 nitrogen and oxygen atoms in total. The van der Waals surface area contributed by atoms with Gasteiger partial charge in [0.15, 0.2) is 0 Å². The van der Waals surface area contributed by atoms with Crippen LogP contribution in [0.2, 0.25) is 0 Å². The van der Waals surface area contributed by atoms with E-state index in [1.807, 2.05) is 0 Å². The van der Waals surface area contributed by atoms with Crippen molar-refractivity contribution >= 4 is 16.8 Å². The van der Waals surface area contributed by atoms with E-state index < -0.39 is 0 Å². The molecule has 1 heterocycles. The lowest BCUT2D eigenvalue weighted by Gasteiger charge is -2.15. The van der Waals surface area contributed by atoms with E-state index >= 15 is 0 Å². The quantitative estimate of drug-likeness (QED) is 0.586. The molecule has 3 heteroatoms. The minimum absolute atomic E-state index is 0.142. The minimum Gasteiger partial charge on any atom is -0.361 e. The van der Waals surface area contributed by atoms with Crippen LogP contribution in [0.15, 0.2) is 42.6 Å². The van der Waals surface area contributed by atoms with Gasteiger partial charge in [-0.3, -0.25) is 4.79 Å². The summed E-state index contributed by atoms with van der Waals surface area (Å²) in [6.45, 7) is 9.27. The van der Waals surface area contributed by atoms with E-state index in [1.165, 1.54) is 38.7 Å². The molecule has 0 saturated heterocycles. The predicted octanol–water partition coefficient (Wildman–Crippen LogP) is 5.34. The number of H-pyrrole nitrogens is 1. The molecule has 2 aromatic carbocycles. The number of aryl methyl sites for hydroxylation is 3. The third kappa shape index (κ3) is 4.60. The topological polar surface area (TPSA) is 44.9 Å². The molecule has 142 valence electrons. The first-order valence-corrected chi connectivity index (χ1v) is 9.85. The molecule has 1 aromatic heterocycles. The summed E-state index contributed by atoms with van der Waals surface area (Å²) in [5, 5.41) is 4.34. The molecule has 0 saturated carbocycles. The summed E-state index contributed by atoms with van der Waals surface area (Å²) < 4.78 is 0. The average molecular weight is 363 g/mol. The van der Waals surface area contributed by atoms with E-state index in [9.17, 15) is 4.79 Å². The van der Waals surface area contributed by atoms with Crippen LogP contribution in [-0.4, -0.2) is 17.4 Å². The highest BCUT2D eigenvalue weighted by Crippen LogP contribution is 2.25. The van der Waals surface area contributed by atoms with E-state index in [1.54, 1.807) is 0 Å². The molecule has 2 N–H and O–H groups in total. The highest BCUT2D eigenvalue weighted by Gasteiger charge is 2.12. The summed E-state index contributed by atoms with van der Waals surface area (Å²) in [6, 6.07) is 12.9. The zero-order valence-corrected chi connectivity index (χ0v) is 16.9. The zero-order valence-electron chi connectivity index (χ0n) is 16.9. The van der Waals surface area contributed by atoms with Crippen molar-refractivity contribution in [2.45, 2.75) is 52.9 Å². The third-order valence-corrected chi connectivity index (χ3v) is 5.50. The van der Waals surface area contributed by atoms with Gasteiger partial charge in [-0.05, 0) is 61.8 Å². The van der Waals surface area contributed by atoms with Crippen LogP contribution in [0.5, 0.6) is 0 Å². The number of rotatable bonds is 7. The average Bonchev–Trinajstić information content (AvgIpc) is 3.06. The van der Waals surface area contributed by atoms with Crippen LogP contribution in [0.4, 0.5) is 0 Å². The Balaban J connectivity index is 1.48. The number of hydrogen-bond donors (Lipinski definition) is 2. The maximum atomic E-state index is 12.3. The van der Waals surface area contributed by atoms with E-state index in [0.29, 0.717) is 18.9 Å². The SMILES string of the molecule is Cc1ccc(C)c([C@@H](C)CCC(=O)NCCc2c[nH]c3c(C)cccc23)c1. The second-order valence-electron chi connectivity index (χ2n) is 7.71. The number of carbonyl (C=O) groups is 1. The van der Waals surface area contributed by atoms with Crippen LogP contribution in [-0.2, 0) is 11.2 Å². The zero-order chi connectivity index (χ0) is 19.4. The van der Waals surface area contributed by atoms with Crippen LogP contribution >= 0.6 is 0 Å². The minimum atomic E-state index is 0.142. The molecular weight excluding hydrogens is 332 g/mol. The Hall–Kier alpha value is -2.55. The number of hydrogen-bond acceptors (Lipinski definition) is 1. The molecule has 0 unspecified atom stereocenters. The Morgan fingerprint density at radius 1 is 1.11 bits per heavy atom.